The lowest BCUT2D eigenvalue weighted by atomic mass is 10.1. The molecule has 0 bridgehead atoms. The molecule has 0 fully saturated rings. The molecule has 0 radical (unpaired) electrons. The molecule has 0 unspecified atom stereocenters. The highest BCUT2D eigenvalue weighted by Crippen LogP contribution is 2.17. The van der Waals surface area contributed by atoms with Crippen LogP contribution >= 0.6 is 0 Å². The van der Waals surface area contributed by atoms with Crippen LogP contribution in [0, 0.1) is 11.6 Å². The lowest BCUT2D eigenvalue weighted by molar-refractivity contribution is 0.111. The van der Waals surface area contributed by atoms with Crippen LogP contribution in [0.3, 0.4) is 0 Å². The summed E-state index contributed by atoms with van der Waals surface area (Å²) < 4.78 is 73.9. The Kier molecular flexibility index (Phi) is 20.3. The smallest absolute Gasteiger partial charge is 0.150 e. The maximum atomic E-state index is 13.6. The average Bonchev–Trinajstić information content (AvgIpc) is 3.15. The number of carbonyl (C=O) groups is 1. The highest BCUT2D eigenvalue weighted by molar-refractivity contribution is 7.85. The number of hydrogen-bond acceptors (Lipinski definition) is 7. The van der Waals surface area contributed by atoms with Crippen LogP contribution in [0.2, 0.25) is 0 Å². The molecule has 4 aromatic rings. The Bertz CT molecular complexity index is 1840. The third-order valence-corrected chi connectivity index (χ3v) is 10.2. The number of ether oxygens (including phenoxy) is 4. The fraction of sp³-hybridized carbons (Fsp3) is 0.381. The molecule has 13 heteroatoms. The fourth-order valence-corrected chi connectivity index (χ4v) is 4.79. The lowest BCUT2D eigenvalue weighted by Crippen LogP contribution is -2.27. The van der Waals surface area contributed by atoms with Crippen LogP contribution in [-0.4, -0.2) is 57.8 Å². The quantitative estimate of drug-likeness (QED) is 0.0729. The minimum atomic E-state index is -1.38. The van der Waals surface area contributed by atoms with Crippen LogP contribution in [0.5, 0.6) is 11.5 Å². The third-order valence-electron chi connectivity index (χ3n) is 7.64. The number of rotatable bonds is 15. The second-order valence-electron chi connectivity index (χ2n) is 14.1. The number of methoxy groups -OCH3 is 2. The average molecular weight is 801 g/mol. The van der Waals surface area contributed by atoms with Crippen LogP contribution in [0.15, 0.2) is 89.3 Å². The molecular weight excluding hydrogens is 747 g/mol. The number of aldehydes is 1. The number of benzene rings is 4. The van der Waals surface area contributed by atoms with Crippen molar-refractivity contribution in [3.8, 4) is 11.5 Å². The van der Waals surface area contributed by atoms with Gasteiger partial charge in [-0.3, -0.25) is 9.93 Å². The Morgan fingerprint density at radius 1 is 0.655 bits per heavy atom. The molecule has 0 aromatic heterocycles. The largest absolute Gasteiger partial charge is 0.497 e. The summed E-state index contributed by atoms with van der Waals surface area (Å²) in [5, 5.41) is 5.04. The Morgan fingerprint density at radius 3 is 1.42 bits per heavy atom. The molecule has 2 N–H and O–H groups in total. The van der Waals surface area contributed by atoms with Crippen molar-refractivity contribution in [2.75, 3.05) is 27.4 Å². The van der Waals surface area contributed by atoms with Crippen molar-refractivity contribution in [3.05, 3.63) is 130 Å². The summed E-state index contributed by atoms with van der Waals surface area (Å²) in [6.07, 6.45) is 3.34. The zero-order valence-electron chi connectivity index (χ0n) is 32.9. The standard InChI is InChI=1S/C21H26FNO3S.C17H17FO3.C4H11NOS/c1-21(2,3)27(24)23-14-18-13-19(22)8-7-17(18)11-12-26-15-16-5-9-20(25-4)10-6-16;1-20-17-6-2-13(3-7-17)12-21-9-8-14-4-5-16(18)10-15(14)11-19;1-4(2,3)7(5)6/h5-10,13-14H,11-12,15H2,1-4H3;2-7,10-11H,8-9,12H2,1H3;5H2,1-3H3/t27-;;7-/m1.0/s1. The molecule has 0 saturated carbocycles. The summed E-state index contributed by atoms with van der Waals surface area (Å²) in [5.74, 6) is 0.864. The van der Waals surface area contributed by atoms with Gasteiger partial charge in [-0.1, -0.05) is 36.4 Å². The van der Waals surface area contributed by atoms with Crippen molar-refractivity contribution in [1.29, 1.82) is 0 Å². The molecule has 0 heterocycles. The summed E-state index contributed by atoms with van der Waals surface area (Å²) in [6.45, 7) is 13.0. The topological polar surface area (TPSA) is 127 Å². The van der Waals surface area contributed by atoms with Gasteiger partial charge in [0.1, 0.15) is 40.4 Å². The molecule has 0 aliphatic heterocycles. The summed E-state index contributed by atoms with van der Waals surface area (Å²) in [7, 11) is 0.690. The molecule has 0 spiro atoms. The summed E-state index contributed by atoms with van der Waals surface area (Å²) in [4.78, 5) is 10.9. The van der Waals surface area contributed by atoms with Crippen molar-refractivity contribution >= 4 is 34.5 Å². The van der Waals surface area contributed by atoms with Crippen LogP contribution < -0.4 is 14.6 Å². The Labute approximate surface area is 329 Å². The van der Waals surface area contributed by atoms with Crippen LogP contribution in [-0.2, 0) is 57.5 Å². The van der Waals surface area contributed by atoms with Crippen molar-refractivity contribution in [3.63, 3.8) is 0 Å². The Balaban J connectivity index is 0.000000331. The van der Waals surface area contributed by atoms with E-state index in [1.165, 1.54) is 30.5 Å². The summed E-state index contributed by atoms with van der Waals surface area (Å²) >= 11 is 0. The molecule has 0 aliphatic carbocycles. The molecular formula is C42H54F2N2O7S2. The molecule has 300 valence electrons. The van der Waals surface area contributed by atoms with E-state index < -0.39 is 32.5 Å². The number of carbonyl (C=O) groups excluding carboxylic acids is 1. The predicted octanol–water partition coefficient (Wildman–Crippen LogP) is 8.29. The van der Waals surface area contributed by atoms with E-state index in [0.717, 1.165) is 33.8 Å². The minimum Gasteiger partial charge on any atom is -0.497 e. The highest BCUT2D eigenvalue weighted by atomic mass is 32.2. The highest BCUT2D eigenvalue weighted by Gasteiger charge is 2.18. The second-order valence-corrected chi connectivity index (χ2v) is 17.9. The number of nitrogens with zero attached hydrogens (tertiary/aromatic N) is 1. The molecule has 0 aliphatic rings. The first-order valence-corrected chi connectivity index (χ1v) is 19.8. The van der Waals surface area contributed by atoms with Crippen molar-refractivity contribution < 1.29 is 40.9 Å². The van der Waals surface area contributed by atoms with E-state index in [9.17, 15) is 22.0 Å². The number of nitrogens with two attached hydrogens (primary N) is 1. The van der Waals surface area contributed by atoms with Crippen molar-refractivity contribution in [2.45, 2.75) is 77.1 Å². The van der Waals surface area contributed by atoms with E-state index in [2.05, 4.69) is 4.40 Å². The molecule has 2 atom stereocenters. The second kappa shape index (κ2) is 23.7. The van der Waals surface area contributed by atoms with Gasteiger partial charge in [0.05, 0.1) is 61.1 Å². The van der Waals surface area contributed by atoms with Gasteiger partial charge in [0, 0.05) is 11.8 Å². The van der Waals surface area contributed by atoms with E-state index in [1.807, 2.05) is 90.1 Å². The molecule has 9 nitrogen and oxygen atoms in total. The molecule has 4 aromatic carbocycles. The number of halogens is 2. The molecule has 55 heavy (non-hydrogen) atoms. The van der Waals surface area contributed by atoms with Crippen LogP contribution in [0.1, 0.15) is 79.7 Å². The van der Waals surface area contributed by atoms with Gasteiger partial charge in [0.25, 0.3) is 0 Å². The third kappa shape index (κ3) is 18.4. The molecule has 0 saturated heterocycles. The number of hydrogen-bond donors (Lipinski definition) is 1. The zero-order chi connectivity index (χ0) is 41.0. The van der Waals surface area contributed by atoms with Gasteiger partial charge in [-0.15, -0.1) is 0 Å². The minimum absolute atomic E-state index is 0.250. The van der Waals surface area contributed by atoms with Gasteiger partial charge < -0.3 is 18.9 Å². The van der Waals surface area contributed by atoms with Gasteiger partial charge in [-0.2, -0.15) is 4.40 Å². The Hall–Kier alpha value is -4.14. The first-order valence-electron chi connectivity index (χ1n) is 17.5. The zero-order valence-corrected chi connectivity index (χ0v) is 34.6. The maximum absolute atomic E-state index is 13.6. The van der Waals surface area contributed by atoms with E-state index in [-0.39, 0.29) is 10.6 Å². The van der Waals surface area contributed by atoms with Crippen LogP contribution in [0.25, 0.3) is 0 Å². The van der Waals surface area contributed by atoms with Crippen LogP contribution in [0.4, 0.5) is 8.78 Å². The SMILES string of the molecule is CC(C)(C)[S@@](N)=O.COc1ccc(COCCc2ccc(F)cc2C=N[S@](=O)C(C)(C)C)cc1.COc1ccc(COCCc2ccc(F)cc2C=O)cc1. The Morgan fingerprint density at radius 2 is 1.05 bits per heavy atom. The lowest BCUT2D eigenvalue weighted by Gasteiger charge is -2.13. The van der Waals surface area contributed by atoms with E-state index in [0.29, 0.717) is 56.7 Å². The fourth-order valence-electron chi connectivity index (χ4n) is 4.27. The van der Waals surface area contributed by atoms with Gasteiger partial charge in [-0.05, 0) is 131 Å². The summed E-state index contributed by atoms with van der Waals surface area (Å²) in [6, 6.07) is 24.1. The van der Waals surface area contributed by atoms with E-state index in [4.69, 9.17) is 24.1 Å². The molecule has 4 rings (SSSR count). The van der Waals surface area contributed by atoms with Gasteiger partial charge in [-0.25, -0.2) is 17.2 Å². The normalized spacial score (nSPS) is 12.5. The molecule has 0 amide bonds. The maximum Gasteiger partial charge on any atom is 0.150 e. The van der Waals surface area contributed by atoms with Gasteiger partial charge in [0.2, 0.25) is 0 Å². The van der Waals surface area contributed by atoms with Crippen molar-refractivity contribution in [1.82, 2.24) is 0 Å². The summed E-state index contributed by atoms with van der Waals surface area (Å²) in [5.41, 5.74) is 4.80. The van der Waals surface area contributed by atoms with Gasteiger partial charge in [0.15, 0.2) is 0 Å². The predicted molar refractivity (Wildman–Crippen MR) is 218 cm³/mol. The first-order chi connectivity index (χ1) is 26.0. The first kappa shape index (κ1) is 47.0. The van der Waals surface area contributed by atoms with Crippen molar-refractivity contribution in [2.24, 2.45) is 9.54 Å². The monoisotopic (exact) mass is 800 g/mol. The van der Waals surface area contributed by atoms with E-state index >= 15 is 0 Å². The van der Waals surface area contributed by atoms with E-state index in [1.54, 1.807) is 26.4 Å². The van der Waals surface area contributed by atoms with Gasteiger partial charge >= 0.3 is 0 Å².